The molecule has 0 saturated carbocycles. The molecule has 1 aromatic heterocycles. The quantitative estimate of drug-likeness (QED) is 0.411. The molecule has 0 aliphatic heterocycles. The molecule has 152 valence electrons. The maximum absolute atomic E-state index is 3.91. The van der Waals surface area contributed by atoms with Crippen molar-refractivity contribution in [2.45, 2.75) is 45.2 Å². The van der Waals surface area contributed by atoms with E-state index in [1.807, 2.05) is 0 Å². The Balaban J connectivity index is 1.49. The lowest BCUT2D eigenvalue weighted by molar-refractivity contribution is 0.440. The van der Waals surface area contributed by atoms with Crippen LogP contribution in [-0.2, 0) is 19.4 Å². The van der Waals surface area contributed by atoms with Crippen molar-refractivity contribution in [3.05, 3.63) is 107 Å². The Labute approximate surface area is 179 Å². The van der Waals surface area contributed by atoms with Gasteiger partial charge in [0.2, 0.25) is 0 Å². The van der Waals surface area contributed by atoms with Gasteiger partial charge < -0.3 is 9.88 Å². The third kappa shape index (κ3) is 3.80. The minimum atomic E-state index is 0.425. The molecule has 2 heteroatoms. The maximum Gasteiger partial charge on any atom is 0.0489 e. The molecular weight excluding hydrogens is 364 g/mol. The number of aromatic nitrogens is 1. The molecule has 0 amide bonds. The fraction of sp³-hybridized carbons (Fsp3) is 0.286. The highest BCUT2D eigenvalue weighted by molar-refractivity contribution is 5.87. The van der Waals surface area contributed by atoms with Crippen LogP contribution < -0.4 is 5.32 Å². The zero-order valence-corrected chi connectivity index (χ0v) is 17.8. The van der Waals surface area contributed by atoms with Crippen LogP contribution in [0.1, 0.15) is 46.8 Å². The van der Waals surface area contributed by atoms with Crippen molar-refractivity contribution < 1.29 is 0 Å². The number of fused-ring (bicyclic) bond motifs is 3. The van der Waals surface area contributed by atoms with Crippen LogP contribution in [0.5, 0.6) is 0 Å². The van der Waals surface area contributed by atoms with E-state index in [1.54, 1.807) is 5.56 Å². The molecule has 1 aliphatic rings. The molecular formula is C28H30N2. The predicted molar refractivity (Wildman–Crippen MR) is 126 cm³/mol. The van der Waals surface area contributed by atoms with E-state index in [1.165, 1.54) is 52.5 Å². The topological polar surface area (TPSA) is 17.0 Å². The smallest absolute Gasteiger partial charge is 0.0489 e. The Hall–Kier alpha value is -2.84. The van der Waals surface area contributed by atoms with Crippen LogP contribution >= 0.6 is 0 Å². The Bertz CT molecular complexity index is 1130. The van der Waals surface area contributed by atoms with Crippen molar-refractivity contribution in [3.8, 4) is 0 Å². The van der Waals surface area contributed by atoms with Crippen molar-refractivity contribution >= 4 is 10.9 Å². The van der Waals surface area contributed by atoms with E-state index in [9.17, 15) is 0 Å². The zero-order valence-electron chi connectivity index (χ0n) is 17.8. The minimum absolute atomic E-state index is 0.425. The van der Waals surface area contributed by atoms with Gasteiger partial charge in [0.25, 0.3) is 0 Å². The monoisotopic (exact) mass is 394 g/mol. The number of hydrogen-bond donors (Lipinski definition) is 1. The standard InChI is InChI=1S/C28H30N2/c1-21-15-16-27-25(19-21)24-13-8-14-26(29-18-17-22-9-4-2-5-10-22)28(24)30(27)20-23-11-6-3-7-12-23/h2-7,9-12,15-16,19,26,29H,8,13-14,17-18,20H2,1H3/t26-/m0/s1. The van der Waals surface area contributed by atoms with E-state index in [2.05, 4.69) is 95.7 Å². The summed E-state index contributed by atoms with van der Waals surface area (Å²) in [7, 11) is 0. The Morgan fingerprint density at radius 1 is 0.900 bits per heavy atom. The molecule has 2 nitrogen and oxygen atoms in total. The fourth-order valence-corrected chi connectivity index (χ4v) is 5.01. The van der Waals surface area contributed by atoms with Crippen molar-refractivity contribution in [1.29, 1.82) is 0 Å². The van der Waals surface area contributed by atoms with Crippen molar-refractivity contribution in [1.82, 2.24) is 9.88 Å². The summed E-state index contributed by atoms with van der Waals surface area (Å²) in [6, 6.07) is 29.1. The van der Waals surface area contributed by atoms with E-state index < -0.39 is 0 Å². The summed E-state index contributed by atoms with van der Waals surface area (Å²) in [4.78, 5) is 0. The minimum Gasteiger partial charge on any atom is -0.338 e. The second-order valence-electron chi connectivity index (χ2n) is 8.59. The number of aryl methyl sites for hydroxylation is 2. The summed E-state index contributed by atoms with van der Waals surface area (Å²) in [6.07, 6.45) is 4.74. The molecule has 1 atom stereocenters. The number of benzene rings is 3. The van der Waals surface area contributed by atoms with Gasteiger partial charge in [0.15, 0.2) is 0 Å². The summed E-state index contributed by atoms with van der Waals surface area (Å²) in [6.45, 7) is 4.16. The number of hydrogen-bond acceptors (Lipinski definition) is 1. The third-order valence-corrected chi connectivity index (χ3v) is 6.45. The van der Waals surface area contributed by atoms with Gasteiger partial charge in [-0.2, -0.15) is 0 Å². The van der Waals surface area contributed by atoms with Gasteiger partial charge in [-0.25, -0.2) is 0 Å². The molecule has 1 N–H and O–H groups in total. The predicted octanol–water partition coefficient (Wildman–Crippen LogP) is 6.21. The van der Waals surface area contributed by atoms with Gasteiger partial charge in [-0.1, -0.05) is 72.3 Å². The molecule has 0 spiro atoms. The number of rotatable bonds is 6. The average molecular weight is 395 g/mol. The van der Waals surface area contributed by atoms with Gasteiger partial charge in [0, 0.05) is 29.2 Å². The Morgan fingerprint density at radius 3 is 2.40 bits per heavy atom. The van der Waals surface area contributed by atoms with Gasteiger partial charge >= 0.3 is 0 Å². The lowest BCUT2D eigenvalue weighted by Gasteiger charge is -2.27. The van der Waals surface area contributed by atoms with Crippen LogP contribution in [0.25, 0.3) is 10.9 Å². The largest absolute Gasteiger partial charge is 0.338 e. The SMILES string of the molecule is Cc1ccc2c(c1)c1c(n2Cc2ccccc2)[C@@H](NCCc2ccccc2)CCC1. The van der Waals surface area contributed by atoms with Gasteiger partial charge in [0.1, 0.15) is 0 Å². The Morgan fingerprint density at radius 2 is 1.63 bits per heavy atom. The van der Waals surface area contributed by atoms with Crippen molar-refractivity contribution in [2.24, 2.45) is 0 Å². The van der Waals surface area contributed by atoms with Crippen LogP contribution in [0.3, 0.4) is 0 Å². The van der Waals surface area contributed by atoms with Gasteiger partial charge in [-0.3, -0.25) is 0 Å². The maximum atomic E-state index is 3.91. The van der Waals surface area contributed by atoms with E-state index >= 15 is 0 Å². The zero-order chi connectivity index (χ0) is 20.3. The average Bonchev–Trinajstić information content (AvgIpc) is 3.09. The second-order valence-corrected chi connectivity index (χ2v) is 8.59. The molecule has 5 rings (SSSR count). The van der Waals surface area contributed by atoms with Crippen LogP contribution in [0.4, 0.5) is 0 Å². The lowest BCUT2D eigenvalue weighted by atomic mass is 9.91. The highest BCUT2D eigenvalue weighted by Gasteiger charge is 2.27. The van der Waals surface area contributed by atoms with E-state index in [0.29, 0.717) is 6.04 Å². The fourth-order valence-electron chi connectivity index (χ4n) is 5.01. The van der Waals surface area contributed by atoms with Gasteiger partial charge in [-0.15, -0.1) is 0 Å². The van der Waals surface area contributed by atoms with E-state index in [4.69, 9.17) is 0 Å². The van der Waals surface area contributed by atoms with E-state index in [0.717, 1.165) is 19.5 Å². The summed E-state index contributed by atoms with van der Waals surface area (Å²) in [5, 5.41) is 5.36. The summed E-state index contributed by atoms with van der Waals surface area (Å²) < 4.78 is 2.58. The van der Waals surface area contributed by atoms with Crippen molar-refractivity contribution in [3.63, 3.8) is 0 Å². The lowest BCUT2D eigenvalue weighted by Crippen LogP contribution is -2.29. The first-order valence-electron chi connectivity index (χ1n) is 11.2. The molecule has 3 aromatic carbocycles. The van der Waals surface area contributed by atoms with E-state index in [-0.39, 0.29) is 0 Å². The first kappa shape index (κ1) is 19.1. The molecule has 4 aromatic rings. The summed E-state index contributed by atoms with van der Waals surface area (Å²) >= 11 is 0. The summed E-state index contributed by atoms with van der Waals surface area (Å²) in [5.74, 6) is 0. The van der Waals surface area contributed by atoms with Gasteiger partial charge in [-0.05, 0) is 68.0 Å². The molecule has 0 radical (unpaired) electrons. The second kappa shape index (κ2) is 8.49. The molecule has 0 saturated heterocycles. The van der Waals surface area contributed by atoms with Crippen molar-refractivity contribution in [2.75, 3.05) is 6.54 Å². The molecule has 0 fully saturated rings. The first-order chi connectivity index (χ1) is 14.8. The van der Waals surface area contributed by atoms with Crippen LogP contribution in [0, 0.1) is 6.92 Å². The van der Waals surface area contributed by atoms with Gasteiger partial charge in [0.05, 0.1) is 0 Å². The van der Waals surface area contributed by atoms with Crippen LogP contribution in [-0.4, -0.2) is 11.1 Å². The molecule has 1 aliphatic carbocycles. The molecule has 0 bridgehead atoms. The normalized spacial score (nSPS) is 16.0. The summed E-state index contributed by atoms with van der Waals surface area (Å²) in [5.41, 5.74) is 8.58. The third-order valence-electron chi connectivity index (χ3n) is 6.45. The molecule has 30 heavy (non-hydrogen) atoms. The van der Waals surface area contributed by atoms with Crippen LogP contribution in [0.2, 0.25) is 0 Å². The number of nitrogens with one attached hydrogen (secondary N) is 1. The Kier molecular flexibility index (Phi) is 5.42. The highest BCUT2D eigenvalue weighted by atomic mass is 15.0. The highest BCUT2D eigenvalue weighted by Crippen LogP contribution is 2.38. The molecule has 1 heterocycles. The number of nitrogens with zero attached hydrogens (tertiary/aromatic N) is 1. The van der Waals surface area contributed by atoms with Crippen LogP contribution in [0.15, 0.2) is 78.9 Å². The molecule has 0 unspecified atom stereocenters. The first-order valence-corrected chi connectivity index (χ1v) is 11.2.